The van der Waals surface area contributed by atoms with E-state index in [0.717, 1.165) is 41.6 Å². The fraction of sp³-hybridized carbons (Fsp3) is 0.500. The number of nitrogens with zero attached hydrogens (tertiary/aromatic N) is 4. The van der Waals surface area contributed by atoms with E-state index >= 15 is 0 Å². The molecule has 3 heterocycles. The molecule has 1 saturated carbocycles. The van der Waals surface area contributed by atoms with Crippen molar-refractivity contribution in [2.45, 2.75) is 25.3 Å². The normalized spacial score (nSPS) is 27.2. The number of pyridine rings is 1. The molecule has 3 fully saturated rings. The molecule has 0 radical (unpaired) electrons. The average Bonchev–Trinajstić information content (AvgIpc) is 3.14. The van der Waals surface area contributed by atoms with Crippen LogP contribution in [0.25, 0.3) is 10.9 Å². The molecule has 2 unspecified atom stereocenters. The molecule has 4 heteroatoms. The fourth-order valence-corrected chi connectivity index (χ4v) is 4.86. The molecular formula is C20H22N4. The van der Waals surface area contributed by atoms with Crippen molar-refractivity contribution < 1.29 is 0 Å². The summed E-state index contributed by atoms with van der Waals surface area (Å²) in [7, 11) is 0. The van der Waals surface area contributed by atoms with Crippen LogP contribution in [0.3, 0.4) is 0 Å². The fourth-order valence-electron chi connectivity index (χ4n) is 4.86. The van der Waals surface area contributed by atoms with Crippen molar-refractivity contribution in [2.75, 3.05) is 31.1 Å². The van der Waals surface area contributed by atoms with Gasteiger partial charge in [-0.2, -0.15) is 5.26 Å². The van der Waals surface area contributed by atoms with Crippen molar-refractivity contribution in [1.82, 2.24) is 9.88 Å². The monoisotopic (exact) mass is 318 g/mol. The molecule has 5 rings (SSSR count). The van der Waals surface area contributed by atoms with Crippen molar-refractivity contribution in [2.24, 2.45) is 11.8 Å². The third-order valence-electron chi connectivity index (χ3n) is 6.26. The Hall–Kier alpha value is -2.12. The Balaban J connectivity index is 1.34. The van der Waals surface area contributed by atoms with Crippen LogP contribution in [0, 0.1) is 23.2 Å². The van der Waals surface area contributed by atoms with Crippen molar-refractivity contribution in [1.29, 1.82) is 5.26 Å². The van der Waals surface area contributed by atoms with Gasteiger partial charge >= 0.3 is 0 Å². The summed E-state index contributed by atoms with van der Waals surface area (Å²) in [5.41, 5.74) is 1.68. The number of anilines is 1. The van der Waals surface area contributed by atoms with Crippen molar-refractivity contribution >= 4 is 16.7 Å². The highest BCUT2D eigenvalue weighted by Crippen LogP contribution is 2.40. The van der Waals surface area contributed by atoms with Gasteiger partial charge in [0, 0.05) is 37.6 Å². The van der Waals surface area contributed by atoms with E-state index in [-0.39, 0.29) is 0 Å². The molecular weight excluding hydrogens is 296 g/mol. The zero-order valence-electron chi connectivity index (χ0n) is 13.9. The maximum atomic E-state index is 9.51. The number of likely N-dealkylation sites (tertiary alicyclic amines) is 1. The molecule has 122 valence electrons. The van der Waals surface area contributed by atoms with Gasteiger partial charge in [0.1, 0.15) is 11.9 Å². The number of para-hydroxylation sites is 1. The lowest BCUT2D eigenvalue weighted by molar-refractivity contribution is 0.190. The Morgan fingerprint density at radius 2 is 1.79 bits per heavy atom. The third-order valence-corrected chi connectivity index (χ3v) is 6.26. The molecule has 0 bridgehead atoms. The van der Waals surface area contributed by atoms with Crippen LogP contribution in [0.1, 0.15) is 24.8 Å². The summed E-state index contributed by atoms with van der Waals surface area (Å²) >= 11 is 0. The maximum absolute atomic E-state index is 9.51. The molecule has 1 aromatic carbocycles. The maximum Gasteiger partial charge on any atom is 0.147 e. The van der Waals surface area contributed by atoms with E-state index < -0.39 is 0 Å². The van der Waals surface area contributed by atoms with E-state index in [4.69, 9.17) is 4.98 Å². The van der Waals surface area contributed by atoms with Crippen LogP contribution >= 0.6 is 0 Å². The Morgan fingerprint density at radius 3 is 2.54 bits per heavy atom. The first-order valence-corrected chi connectivity index (χ1v) is 9.11. The number of rotatable bonds is 2. The lowest BCUT2D eigenvalue weighted by Crippen LogP contribution is -2.59. The number of hydrogen-bond donors (Lipinski definition) is 0. The number of fused-ring (bicyclic) bond motifs is 2. The van der Waals surface area contributed by atoms with Gasteiger partial charge in [-0.1, -0.05) is 24.6 Å². The molecule has 2 aromatic rings. The number of aromatic nitrogens is 1. The molecule has 2 aliphatic heterocycles. The first-order chi connectivity index (χ1) is 11.8. The smallest absolute Gasteiger partial charge is 0.147 e. The van der Waals surface area contributed by atoms with Gasteiger partial charge in [0.25, 0.3) is 0 Å². The van der Waals surface area contributed by atoms with Gasteiger partial charge in [-0.25, -0.2) is 4.98 Å². The van der Waals surface area contributed by atoms with Crippen LogP contribution in [0.5, 0.6) is 0 Å². The number of benzene rings is 1. The summed E-state index contributed by atoms with van der Waals surface area (Å²) in [6, 6.07) is 13.0. The topological polar surface area (TPSA) is 43.2 Å². The van der Waals surface area contributed by atoms with E-state index in [9.17, 15) is 5.26 Å². The van der Waals surface area contributed by atoms with Crippen LogP contribution in [0.15, 0.2) is 30.3 Å². The van der Waals surface area contributed by atoms with Crippen LogP contribution in [-0.2, 0) is 0 Å². The van der Waals surface area contributed by atoms with Crippen molar-refractivity contribution in [3.63, 3.8) is 0 Å². The van der Waals surface area contributed by atoms with Crippen LogP contribution < -0.4 is 4.90 Å². The zero-order chi connectivity index (χ0) is 16.1. The summed E-state index contributed by atoms with van der Waals surface area (Å²) in [6.07, 6.45) is 4.30. The number of hydrogen-bond acceptors (Lipinski definition) is 4. The first kappa shape index (κ1) is 14.2. The van der Waals surface area contributed by atoms with E-state index in [1.165, 1.54) is 32.4 Å². The molecule has 3 aliphatic rings. The van der Waals surface area contributed by atoms with Crippen molar-refractivity contribution in [3.8, 4) is 6.07 Å². The summed E-state index contributed by atoms with van der Waals surface area (Å²) < 4.78 is 0. The second kappa shape index (κ2) is 5.46. The van der Waals surface area contributed by atoms with Crippen LogP contribution in [0.4, 0.5) is 5.82 Å². The molecule has 1 aromatic heterocycles. The first-order valence-electron chi connectivity index (χ1n) is 9.11. The van der Waals surface area contributed by atoms with Gasteiger partial charge in [-0.3, -0.25) is 4.90 Å². The molecule has 0 spiro atoms. The molecule has 4 nitrogen and oxygen atoms in total. The lowest BCUT2D eigenvalue weighted by atomic mass is 10.0. The predicted octanol–water partition coefficient (Wildman–Crippen LogP) is 3.03. The van der Waals surface area contributed by atoms with Crippen LogP contribution in [-0.4, -0.2) is 42.1 Å². The Bertz CT molecular complexity index is 806. The average molecular weight is 318 g/mol. The minimum absolute atomic E-state index is 0.649. The summed E-state index contributed by atoms with van der Waals surface area (Å²) in [4.78, 5) is 9.75. The summed E-state index contributed by atoms with van der Waals surface area (Å²) in [5.74, 6) is 2.77. The van der Waals surface area contributed by atoms with Gasteiger partial charge < -0.3 is 4.90 Å². The molecule has 2 saturated heterocycles. The molecule has 2 atom stereocenters. The minimum Gasteiger partial charge on any atom is -0.352 e. The minimum atomic E-state index is 0.649. The Kier molecular flexibility index (Phi) is 3.24. The summed E-state index contributed by atoms with van der Waals surface area (Å²) in [5, 5.41) is 10.5. The van der Waals surface area contributed by atoms with Crippen LogP contribution in [0.2, 0.25) is 0 Å². The second-order valence-electron chi connectivity index (χ2n) is 7.63. The Labute approximate surface area is 142 Å². The SMILES string of the molecule is N#Cc1cc2ccccc2nc1N1CC(N2CC3CCCC3C2)C1. The largest absolute Gasteiger partial charge is 0.352 e. The number of nitriles is 1. The zero-order valence-corrected chi connectivity index (χ0v) is 13.9. The molecule has 0 amide bonds. The van der Waals surface area contributed by atoms with E-state index in [2.05, 4.69) is 15.9 Å². The predicted molar refractivity (Wildman–Crippen MR) is 94.9 cm³/mol. The molecule has 24 heavy (non-hydrogen) atoms. The van der Waals surface area contributed by atoms with Gasteiger partial charge in [0.2, 0.25) is 0 Å². The van der Waals surface area contributed by atoms with Crippen molar-refractivity contribution in [3.05, 3.63) is 35.9 Å². The highest BCUT2D eigenvalue weighted by Gasteiger charge is 2.42. The van der Waals surface area contributed by atoms with E-state index in [1.54, 1.807) is 0 Å². The van der Waals surface area contributed by atoms with Gasteiger partial charge in [-0.15, -0.1) is 0 Å². The van der Waals surface area contributed by atoms with E-state index in [1.807, 2.05) is 30.3 Å². The Morgan fingerprint density at radius 1 is 1.04 bits per heavy atom. The molecule has 0 N–H and O–H groups in total. The highest BCUT2D eigenvalue weighted by atomic mass is 15.3. The van der Waals surface area contributed by atoms with Gasteiger partial charge in [0.15, 0.2) is 0 Å². The quantitative estimate of drug-likeness (QED) is 0.854. The lowest BCUT2D eigenvalue weighted by Gasteiger charge is -2.45. The van der Waals surface area contributed by atoms with Gasteiger partial charge in [0.05, 0.1) is 11.1 Å². The highest BCUT2D eigenvalue weighted by molar-refractivity contribution is 5.83. The third kappa shape index (κ3) is 2.19. The standard InChI is InChI=1S/C20H22N4/c21-9-17-8-14-4-1-2-7-19(14)22-20(17)24-12-18(13-24)23-10-15-5-3-6-16(15)11-23/h1-2,4,7-8,15-16,18H,3,5-6,10-13H2. The second-order valence-corrected chi connectivity index (χ2v) is 7.63. The van der Waals surface area contributed by atoms with E-state index in [0.29, 0.717) is 11.6 Å². The molecule has 1 aliphatic carbocycles. The van der Waals surface area contributed by atoms with Gasteiger partial charge in [-0.05, 0) is 36.8 Å². The summed E-state index contributed by atoms with van der Waals surface area (Å²) in [6.45, 7) is 4.61.